The smallest absolute Gasteiger partial charge is 0.136 e. The largest absolute Gasteiger partial charge is 0.393 e. The van der Waals surface area contributed by atoms with E-state index < -0.39 is 0 Å². The van der Waals surface area contributed by atoms with Gasteiger partial charge in [-0.1, -0.05) is 54.4 Å². The summed E-state index contributed by atoms with van der Waals surface area (Å²) in [6, 6.07) is 0. The third kappa shape index (κ3) is 3.95. The Kier molecular flexibility index (Phi) is 6.73. The first kappa shape index (κ1) is 23.8. The topological polar surface area (TPSA) is 37.3 Å². The monoisotopic (exact) mass is 430 g/mol. The highest BCUT2D eigenvalue weighted by molar-refractivity contribution is 5.83. The Hall–Kier alpha value is -0.370. The highest BCUT2D eigenvalue weighted by atomic mass is 16.3. The summed E-state index contributed by atoms with van der Waals surface area (Å²) in [5.41, 5.74) is 0.591. The van der Waals surface area contributed by atoms with Crippen LogP contribution in [0.1, 0.15) is 112 Å². The van der Waals surface area contributed by atoms with Crippen LogP contribution >= 0.6 is 0 Å². The number of rotatable bonds is 6. The highest BCUT2D eigenvalue weighted by Crippen LogP contribution is 2.67. The number of hydrogen-bond donors (Lipinski definition) is 1. The van der Waals surface area contributed by atoms with E-state index in [2.05, 4.69) is 41.5 Å². The van der Waals surface area contributed by atoms with Gasteiger partial charge in [0.1, 0.15) is 5.78 Å². The number of aliphatic hydroxyl groups excluding tert-OH is 1. The molecule has 0 unspecified atom stereocenters. The molecule has 4 saturated carbocycles. The lowest BCUT2D eigenvalue weighted by Crippen LogP contribution is -2.57. The van der Waals surface area contributed by atoms with Crippen LogP contribution in [0.25, 0.3) is 0 Å². The minimum absolute atomic E-state index is 0.125. The van der Waals surface area contributed by atoms with Crippen LogP contribution in [0.2, 0.25) is 0 Å². The van der Waals surface area contributed by atoms with Crippen LogP contribution in [-0.2, 0) is 4.79 Å². The standard InChI is InChI=1S/C29H50O2/c1-7-20(18(2)3)9-8-19(4)23-10-11-24-22-17-27(31)26-16-21(30)12-14-29(26,6)25(22)13-15-28(23,24)5/h18-26,30H,7-17H2,1-6H3/t19-,20+,21+,22+,23-,24+,25+,26-,28-,29-/m1/s1. The van der Waals surface area contributed by atoms with Crippen LogP contribution in [0.15, 0.2) is 0 Å². The molecule has 0 aromatic heterocycles. The highest BCUT2D eigenvalue weighted by Gasteiger charge is 2.62. The van der Waals surface area contributed by atoms with E-state index in [1.54, 1.807) is 0 Å². The van der Waals surface area contributed by atoms with E-state index in [0.29, 0.717) is 23.0 Å². The van der Waals surface area contributed by atoms with Gasteiger partial charge in [0.2, 0.25) is 0 Å². The molecule has 0 bridgehead atoms. The van der Waals surface area contributed by atoms with Crippen molar-refractivity contribution in [2.45, 2.75) is 118 Å². The van der Waals surface area contributed by atoms with Crippen LogP contribution in [0.5, 0.6) is 0 Å². The molecule has 0 heterocycles. The fourth-order valence-corrected chi connectivity index (χ4v) is 9.68. The number of aliphatic hydroxyl groups is 1. The van der Waals surface area contributed by atoms with Crippen molar-refractivity contribution in [3.05, 3.63) is 0 Å². The quantitative estimate of drug-likeness (QED) is 0.480. The molecule has 0 saturated heterocycles. The Morgan fingerprint density at radius 3 is 2.32 bits per heavy atom. The van der Waals surface area contributed by atoms with Crippen LogP contribution < -0.4 is 0 Å². The summed E-state index contributed by atoms with van der Waals surface area (Å²) < 4.78 is 0. The third-order valence-corrected chi connectivity index (χ3v) is 11.6. The summed E-state index contributed by atoms with van der Waals surface area (Å²) in [5, 5.41) is 10.3. The van der Waals surface area contributed by atoms with Gasteiger partial charge in [-0.25, -0.2) is 0 Å². The maximum absolute atomic E-state index is 13.3. The molecule has 4 aliphatic carbocycles. The predicted octanol–water partition coefficient (Wildman–Crippen LogP) is 7.28. The van der Waals surface area contributed by atoms with Crippen molar-refractivity contribution in [1.82, 2.24) is 0 Å². The minimum atomic E-state index is -0.248. The molecule has 0 amide bonds. The van der Waals surface area contributed by atoms with Crippen molar-refractivity contribution in [1.29, 1.82) is 0 Å². The van der Waals surface area contributed by atoms with Gasteiger partial charge in [-0.3, -0.25) is 4.79 Å². The molecule has 0 spiro atoms. The molecule has 178 valence electrons. The zero-order valence-corrected chi connectivity index (χ0v) is 21.3. The van der Waals surface area contributed by atoms with E-state index in [-0.39, 0.29) is 17.4 Å². The van der Waals surface area contributed by atoms with Gasteiger partial charge in [-0.15, -0.1) is 0 Å². The SMILES string of the molecule is CC[C@@H](CC[C@@H](C)[C@H]1CC[C@H]2[C@@H]3CC(=O)[C@H]4C[C@@H](O)CC[C@]4(C)[C@H]3CC[C@]12C)C(C)C. The number of Topliss-reactive ketones (excluding diaryl/α,β-unsaturated/α-hetero) is 1. The second-order valence-electron chi connectivity index (χ2n) is 13.2. The number of hydrogen-bond acceptors (Lipinski definition) is 2. The molecule has 4 fully saturated rings. The average Bonchev–Trinajstić information content (AvgIpc) is 3.07. The summed E-state index contributed by atoms with van der Waals surface area (Å²) in [4.78, 5) is 13.3. The van der Waals surface area contributed by atoms with Crippen LogP contribution in [0.4, 0.5) is 0 Å². The summed E-state index contributed by atoms with van der Waals surface area (Å²) in [6.45, 7) is 14.7. The molecule has 0 radical (unpaired) electrons. The fraction of sp³-hybridized carbons (Fsp3) is 0.966. The maximum Gasteiger partial charge on any atom is 0.136 e. The zero-order valence-electron chi connectivity index (χ0n) is 21.3. The third-order valence-electron chi connectivity index (χ3n) is 11.6. The molecular weight excluding hydrogens is 380 g/mol. The van der Waals surface area contributed by atoms with Crippen LogP contribution in [0.3, 0.4) is 0 Å². The molecule has 2 heteroatoms. The number of fused-ring (bicyclic) bond motifs is 5. The van der Waals surface area contributed by atoms with Crippen molar-refractivity contribution in [3.63, 3.8) is 0 Å². The van der Waals surface area contributed by atoms with Gasteiger partial charge in [0.15, 0.2) is 0 Å². The Morgan fingerprint density at radius 2 is 1.65 bits per heavy atom. The molecule has 0 aliphatic heterocycles. The molecular formula is C29H50O2. The molecule has 4 rings (SSSR count). The maximum atomic E-state index is 13.3. The van der Waals surface area contributed by atoms with E-state index in [9.17, 15) is 9.90 Å². The van der Waals surface area contributed by atoms with Gasteiger partial charge in [0.05, 0.1) is 6.10 Å². The van der Waals surface area contributed by atoms with Crippen molar-refractivity contribution in [2.75, 3.05) is 0 Å². The molecule has 4 aliphatic rings. The van der Waals surface area contributed by atoms with Crippen molar-refractivity contribution in [3.8, 4) is 0 Å². The van der Waals surface area contributed by atoms with Crippen molar-refractivity contribution < 1.29 is 9.90 Å². The average molecular weight is 431 g/mol. The number of carbonyl (C=O) groups is 1. The van der Waals surface area contributed by atoms with E-state index in [0.717, 1.165) is 55.3 Å². The molecule has 1 N–H and O–H groups in total. The molecule has 0 aromatic rings. The van der Waals surface area contributed by atoms with Gasteiger partial charge in [-0.2, -0.15) is 0 Å². The minimum Gasteiger partial charge on any atom is -0.393 e. The first-order chi connectivity index (χ1) is 14.6. The van der Waals surface area contributed by atoms with Crippen LogP contribution in [-0.4, -0.2) is 17.0 Å². The van der Waals surface area contributed by atoms with E-state index in [4.69, 9.17) is 0 Å². The Labute approximate surface area is 192 Å². The lowest BCUT2D eigenvalue weighted by atomic mass is 9.44. The molecule has 0 aromatic carbocycles. The number of ketones is 1. The Balaban J connectivity index is 1.49. The lowest BCUT2D eigenvalue weighted by Gasteiger charge is -2.60. The zero-order chi connectivity index (χ0) is 22.6. The summed E-state index contributed by atoms with van der Waals surface area (Å²) in [5.74, 6) is 6.02. The first-order valence-electron chi connectivity index (χ1n) is 13.8. The van der Waals surface area contributed by atoms with Crippen molar-refractivity contribution in [2.24, 2.45) is 58.2 Å². The first-order valence-corrected chi connectivity index (χ1v) is 13.8. The second-order valence-corrected chi connectivity index (χ2v) is 13.2. The van der Waals surface area contributed by atoms with Gasteiger partial charge in [0, 0.05) is 12.3 Å². The fourth-order valence-electron chi connectivity index (χ4n) is 9.68. The van der Waals surface area contributed by atoms with Crippen LogP contribution in [0, 0.1) is 58.2 Å². The summed E-state index contributed by atoms with van der Waals surface area (Å²) in [7, 11) is 0. The van der Waals surface area contributed by atoms with Gasteiger partial charge >= 0.3 is 0 Å². The van der Waals surface area contributed by atoms with E-state index in [1.807, 2.05) is 0 Å². The number of carbonyl (C=O) groups excluding carboxylic acids is 1. The van der Waals surface area contributed by atoms with Gasteiger partial charge < -0.3 is 5.11 Å². The molecule has 31 heavy (non-hydrogen) atoms. The van der Waals surface area contributed by atoms with E-state index in [1.165, 1.54) is 44.9 Å². The van der Waals surface area contributed by atoms with E-state index >= 15 is 0 Å². The predicted molar refractivity (Wildman–Crippen MR) is 129 cm³/mol. The Morgan fingerprint density at radius 1 is 0.968 bits per heavy atom. The summed E-state index contributed by atoms with van der Waals surface area (Å²) >= 11 is 0. The second kappa shape index (κ2) is 8.77. The lowest BCUT2D eigenvalue weighted by molar-refractivity contribution is -0.160. The summed E-state index contributed by atoms with van der Waals surface area (Å²) in [6.07, 6.45) is 12.8. The molecule has 2 nitrogen and oxygen atoms in total. The normalized spacial score (nSPS) is 46.9. The van der Waals surface area contributed by atoms with Gasteiger partial charge in [-0.05, 0) is 104 Å². The Bertz CT molecular complexity index is 655. The molecule has 10 atom stereocenters. The van der Waals surface area contributed by atoms with Crippen molar-refractivity contribution >= 4 is 5.78 Å². The van der Waals surface area contributed by atoms with Gasteiger partial charge in [0.25, 0.3) is 0 Å².